The minimum Gasteiger partial charge on any atom is -0.310 e. The van der Waals surface area contributed by atoms with Crippen LogP contribution in [0.4, 0.5) is 4.39 Å². The summed E-state index contributed by atoms with van der Waals surface area (Å²) in [4.78, 5) is 0. The van der Waals surface area contributed by atoms with Crippen molar-refractivity contribution in [3.05, 3.63) is 47.8 Å². The lowest BCUT2D eigenvalue weighted by atomic mass is 9.87. The average Bonchev–Trinajstić information content (AvgIpc) is 2.99. The maximum atomic E-state index is 13.5. The predicted octanol–water partition coefficient (Wildman–Crippen LogP) is 3.52. The zero-order valence-electron chi connectivity index (χ0n) is 10.8. The van der Waals surface area contributed by atoms with Gasteiger partial charge in [0.25, 0.3) is 0 Å². The average molecular weight is 245 g/mol. The molecule has 1 aromatic rings. The SMILES string of the molecule is CC(NCc1ccccc1F)C1CC2C=CC1C2. The Hall–Kier alpha value is -1.15. The second-order valence-corrected chi connectivity index (χ2v) is 5.71. The fourth-order valence-electron chi connectivity index (χ4n) is 3.46. The highest BCUT2D eigenvalue weighted by Gasteiger charge is 2.38. The van der Waals surface area contributed by atoms with E-state index in [1.807, 2.05) is 12.1 Å². The molecule has 4 unspecified atom stereocenters. The van der Waals surface area contributed by atoms with Gasteiger partial charge in [0.05, 0.1) is 0 Å². The van der Waals surface area contributed by atoms with Gasteiger partial charge in [0.15, 0.2) is 0 Å². The molecule has 0 aromatic heterocycles. The highest BCUT2D eigenvalue weighted by molar-refractivity contribution is 5.17. The van der Waals surface area contributed by atoms with Crippen molar-refractivity contribution in [2.45, 2.75) is 32.4 Å². The summed E-state index contributed by atoms with van der Waals surface area (Å²) in [6.07, 6.45) is 7.37. The predicted molar refractivity (Wildman–Crippen MR) is 71.5 cm³/mol. The van der Waals surface area contributed by atoms with Gasteiger partial charge >= 0.3 is 0 Å². The summed E-state index contributed by atoms with van der Waals surface area (Å²) in [7, 11) is 0. The molecule has 1 saturated carbocycles. The highest BCUT2D eigenvalue weighted by Crippen LogP contribution is 2.44. The van der Waals surface area contributed by atoms with Crippen molar-refractivity contribution in [2.24, 2.45) is 17.8 Å². The molecule has 3 rings (SSSR count). The summed E-state index contributed by atoms with van der Waals surface area (Å²) >= 11 is 0. The van der Waals surface area contributed by atoms with Crippen molar-refractivity contribution in [3.63, 3.8) is 0 Å². The van der Waals surface area contributed by atoms with E-state index in [2.05, 4.69) is 24.4 Å². The van der Waals surface area contributed by atoms with Gasteiger partial charge in [0.2, 0.25) is 0 Å². The Morgan fingerprint density at radius 3 is 2.78 bits per heavy atom. The van der Waals surface area contributed by atoms with Crippen molar-refractivity contribution in [2.75, 3.05) is 0 Å². The third-order valence-corrected chi connectivity index (χ3v) is 4.54. The zero-order chi connectivity index (χ0) is 12.5. The monoisotopic (exact) mass is 245 g/mol. The Bertz CT molecular complexity index is 454. The third kappa shape index (κ3) is 2.22. The number of rotatable bonds is 4. The van der Waals surface area contributed by atoms with Crippen molar-refractivity contribution in [1.29, 1.82) is 0 Å². The molecule has 1 aromatic carbocycles. The van der Waals surface area contributed by atoms with Crippen LogP contribution in [0.1, 0.15) is 25.3 Å². The number of nitrogens with one attached hydrogen (secondary N) is 1. The van der Waals surface area contributed by atoms with Gasteiger partial charge in [-0.05, 0) is 43.6 Å². The molecule has 1 fully saturated rings. The summed E-state index contributed by atoms with van der Waals surface area (Å²) < 4.78 is 13.5. The van der Waals surface area contributed by atoms with Crippen molar-refractivity contribution in [1.82, 2.24) is 5.32 Å². The first kappa shape index (κ1) is 11.9. The summed E-state index contributed by atoms with van der Waals surface area (Å²) in [5, 5.41) is 3.49. The molecule has 2 heteroatoms. The number of halogens is 1. The van der Waals surface area contributed by atoms with Crippen molar-refractivity contribution < 1.29 is 4.39 Å². The van der Waals surface area contributed by atoms with Gasteiger partial charge in [-0.1, -0.05) is 30.4 Å². The van der Waals surface area contributed by atoms with Crippen LogP contribution in [0.15, 0.2) is 36.4 Å². The second kappa shape index (κ2) is 4.85. The molecule has 1 nitrogen and oxygen atoms in total. The number of benzene rings is 1. The highest BCUT2D eigenvalue weighted by atomic mass is 19.1. The molecule has 0 heterocycles. The van der Waals surface area contributed by atoms with E-state index in [0.717, 1.165) is 23.3 Å². The number of fused-ring (bicyclic) bond motifs is 2. The van der Waals surface area contributed by atoms with Crippen LogP contribution in [0.2, 0.25) is 0 Å². The minimum atomic E-state index is -0.106. The van der Waals surface area contributed by atoms with E-state index in [1.165, 1.54) is 18.9 Å². The van der Waals surface area contributed by atoms with E-state index in [4.69, 9.17) is 0 Å². The standard InChI is InChI=1S/C16H20FN/c1-11(15-9-12-6-7-13(15)8-12)18-10-14-4-2-3-5-16(14)17/h2-7,11-13,15,18H,8-10H2,1H3. The van der Waals surface area contributed by atoms with E-state index in [1.54, 1.807) is 6.07 Å². The van der Waals surface area contributed by atoms with Crippen LogP contribution in [0.3, 0.4) is 0 Å². The second-order valence-electron chi connectivity index (χ2n) is 5.71. The van der Waals surface area contributed by atoms with Gasteiger partial charge in [-0.3, -0.25) is 0 Å². The molecule has 0 radical (unpaired) electrons. The number of hydrogen-bond acceptors (Lipinski definition) is 1. The molecular formula is C16H20FN. The molecule has 2 aliphatic rings. The maximum Gasteiger partial charge on any atom is 0.127 e. The zero-order valence-corrected chi connectivity index (χ0v) is 10.8. The fraction of sp³-hybridized carbons (Fsp3) is 0.500. The summed E-state index contributed by atoms with van der Waals surface area (Å²) in [5.74, 6) is 2.17. The Morgan fingerprint density at radius 1 is 1.28 bits per heavy atom. The lowest BCUT2D eigenvalue weighted by molar-refractivity contribution is 0.325. The topological polar surface area (TPSA) is 12.0 Å². The number of hydrogen-bond donors (Lipinski definition) is 1. The van der Waals surface area contributed by atoms with Crippen LogP contribution in [0.25, 0.3) is 0 Å². The summed E-state index contributed by atoms with van der Waals surface area (Å²) in [6.45, 7) is 2.87. The van der Waals surface area contributed by atoms with E-state index in [-0.39, 0.29) is 5.82 Å². The Kier molecular flexibility index (Phi) is 3.21. The largest absolute Gasteiger partial charge is 0.310 e. The maximum absolute atomic E-state index is 13.5. The Labute approximate surface area is 108 Å². The smallest absolute Gasteiger partial charge is 0.127 e. The first-order valence-corrected chi connectivity index (χ1v) is 6.89. The first-order chi connectivity index (χ1) is 8.74. The van der Waals surface area contributed by atoms with E-state index >= 15 is 0 Å². The Morgan fingerprint density at radius 2 is 2.11 bits per heavy atom. The molecule has 0 saturated heterocycles. The van der Waals surface area contributed by atoms with Gasteiger partial charge in [-0.15, -0.1) is 0 Å². The molecule has 96 valence electrons. The molecule has 1 N–H and O–H groups in total. The minimum absolute atomic E-state index is 0.106. The van der Waals surface area contributed by atoms with Crippen molar-refractivity contribution >= 4 is 0 Å². The van der Waals surface area contributed by atoms with Gasteiger partial charge in [0, 0.05) is 18.2 Å². The third-order valence-electron chi connectivity index (χ3n) is 4.54. The van der Waals surface area contributed by atoms with Crippen LogP contribution >= 0.6 is 0 Å². The van der Waals surface area contributed by atoms with Crippen LogP contribution in [0.5, 0.6) is 0 Å². The van der Waals surface area contributed by atoms with Crippen LogP contribution in [-0.4, -0.2) is 6.04 Å². The summed E-state index contributed by atoms with van der Waals surface area (Å²) in [5.41, 5.74) is 0.767. The molecule has 0 spiro atoms. The van der Waals surface area contributed by atoms with E-state index in [0.29, 0.717) is 12.6 Å². The van der Waals surface area contributed by atoms with Gasteiger partial charge in [-0.25, -0.2) is 4.39 Å². The lowest BCUT2D eigenvalue weighted by Gasteiger charge is -2.26. The molecule has 2 aliphatic carbocycles. The Balaban J connectivity index is 1.57. The fourth-order valence-corrected chi connectivity index (χ4v) is 3.46. The normalized spacial score (nSPS) is 30.9. The van der Waals surface area contributed by atoms with E-state index < -0.39 is 0 Å². The molecule has 0 amide bonds. The molecule has 0 aliphatic heterocycles. The van der Waals surface area contributed by atoms with Gasteiger partial charge in [0.1, 0.15) is 5.82 Å². The van der Waals surface area contributed by atoms with Crippen molar-refractivity contribution in [3.8, 4) is 0 Å². The van der Waals surface area contributed by atoms with Gasteiger partial charge in [-0.2, -0.15) is 0 Å². The quantitative estimate of drug-likeness (QED) is 0.800. The van der Waals surface area contributed by atoms with Crippen LogP contribution < -0.4 is 5.32 Å². The first-order valence-electron chi connectivity index (χ1n) is 6.89. The molecular weight excluding hydrogens is 225 g/mol. The molecule has 2 bridgehead atoms. The van der Waals surface area contributed by atoms with Gasteiger partial charge < -0.3 is 5.32 Å². The number of allylic oxidation sites excluding steroid dienone is 2. The van der Waals surface area contributed by atoms with Crippen LogP contribution in [0, 0.1) is 23.6 Å². The summed E-state index contributed by atoms with van der Waals surface area (Å²) in [6, 6.07) is 7.48. The molecule has 18 heavy (non-hydrogen) atoms. The van der Waals surface area contributed by atoms with Crippen LogP contribution in [-0.2, 0) is 6.54 Å². The molecule has 4 atom stereocenters. The van der Waals surface area contributed by atoms with E-state index in [9.17, 15) is 4.39 Å². The lowest BCUT2D eigenvalue weighted by Crippen LogP contribution is -2.35.